The number of halogens is 1. The Morgan fingerprint density at radius 1 is 1.03 bits per heavy atom. The molecule has 0 aliphatic heterocycles. The lowest BCUT2D eigenvalue weighted by Gasteiger charge is -2.25. The fourth-order valence-electron chi connectivity index (χ4n) is 2.42. The molecule has 9 heteroatoms. The van der Waals surface area contributed by atoms with Crippen LogP contribution in [0.1, 0.15) is 36.2 Å². The van der Waals surface area contributed by atoms with Crippen LogP contribution in [0.15, 0.2) is 48.5 Å². The normalized spacial score (nSPS) is 11.4. The Balaban J connectivity index is 1.91. The van der Waals surface area contributed by atoms with Gasteiger partial charge in [0.1, 0.15) is 5.75 Å². The largest absolute Gasteiger partial charge is 0.478 e. The van der Waals surface area contributed by atoms with Gasteiger partial charge in [0.25, 0.3) is 5.91 Å². The van der Waals surface area contributed by atoms with E-state index < -0.39 is 5.60 Å². The van der Waals surface area contributed by atoms with Gasteiger partial charge in [-0.15, -0.1) is 0 Å². The van der Waals surface area contributed by atoms with Gasteiger partial charge in [0.2, 0.25) is 0 Å². The Bertz CT molecular complexity index is 822. The summed E-state index contributed by atoms with van der Waals surface area (Å²) in [6.45, 7) is 3.54. The van der Waals surface area contributed by atoms with E-state index in [1.54, 1.807) is 62.4 Å². The molecule has 0 atom stereocenters. The maximum absolute atomic E-state index is 12.5. The second kappa shape index (κ2) is 10.3. The summed E-state index contributed by atoms with van der Waals surface area (Å²) in [6.07, 6.45) is 0.376. The number of amides is 1. The van der Waals surface area contributed by atoms with Crippen LogP contribution in [0, 0.1) is 0 Å². The van der Waals surface area contributed by atoms with Crippen molar-refractivity contribution in [2.45, 2.75) is 25.9 Å². The average Bonchev–Trinajstić information content (AvgIpc) is 2.67. The van der Waals surface area contributed by atoms with Gasteiger partial charge in [0.05, 0.1) is 12.0 Å². The van der Waals surface area contributed by atoms with Crippen molar-refractivity contribution in [1.29, 1.82) is 0 Å². The molecule has 8 nitrogen and oxygen atoms in total. The van der Waals surface area contributed by atoms with Gasteiger partial charge in [-0.25, -0.2) is 0 Å². The predicted molar refractivity (Wildman–Crippen MR) is 105 cm³/mol. The number of rotatable bonds is 10. The molecule has 0 aliphatic rings. The molecule has 0 saturated heterocycles. The molecule has 0 radical (unpaired) electrons. The van der Waals surface area contributed by atoms with Crippen molar-refractivity contribution in [3.8, 4) is 5.75 Å². The first-order chi connectivity index (χ1) is 13.7. The topological polar surface area (TPSA) is 108 Å². The summed E-state index contributed by atoms with van der Waals surface area (Å²) < 4.78 is 5.75. The van der Waals surface area contributed by atoms with Gasteiger partial charge in [-0.1, -0.05) is 11.6 Å². The third kappa shape index (κ3) is 7.12. The summed E-state index contributed by atoms with van der Waals surface area (Å²) in [4.78, 5) is 29.2. The van der Waals surface area contributed by atoms with Gasteiger partial charge in [-0.05, 0) is 68.8 Å². The highest BCUT2D eigenvalue weighted by atomic mass is 35.5. The molecule has 0 unspecified atom stereocenters. The third-order valence-electron chi connectivity index (χ3n) is 3.96. The maximum Gasteiger partial charge on any atom is 0.263 e. The first kappa shape index (κ1) is 22.8. The predicted octanol–water partition coefficient (Wildman–Crippen LogP) is 3.25. The van der Waals surface area contributed by atoms with Gasteiger partial charge in [-0.3, -0.25) is 24.8 Å². The first-order valence-electron chi connectivity index (χ1n) is 8.87. The van der Waals surface area contributed by atoms with Gasteiger partial charge >= 0.3 is 0 Å². The Kier molecular flexibility index (Phi) is 8.12. The van der Waals surface area contributed by atoms with Crippen LogP contribution in [0.2, 0.25) is 5.02 Å². The molecule has 0 saturated carbocycles. The minimum absolute atomic E-state index is 0.0255. The SMILES string of the molecule is CC(C)(Oc1ccc(C(=O)c2ccc(Cl)cc2)cc1)C(=O)NCCCON(O)O. The second-order valence-corrected chi connectivity index (χ2v) is 7.10. The molecule has 0 aliphatic carbocycles. The Morgan fingerprint density at radius 2 is 1.59 bits per heavy atom. The molecule has 3 N–H and O–H groups in total. The van der Waals surface area contributed by atoms with Gasteiger partial charge in [0.15, 0.2) is 11.4 Å². The van der Waals surface area contributed by atoms with E-state index in [1.807, 2.05) is 0 Å². The number of carbonyl (C=O) groups is 2. The number of ether oxygens (including phenoxy) is 1. The summed E-state index contributed by atoms with van der Waals surface area (Å²) in [7, 11) is 0. The molecular weight excluding hydrogens is 400 g/mol. The number of benzene rings is 2. The number of hydrogen-bond acceptors (Lipinski definition) is 7. The van der Waals surface area contributed by atoms with Gasteiger partial charge < -0.3 is 10.1 Å². The molecular formula is C20H23ClN2O6. The van der Waals surface area contributed by atoms with Crippen molar-refractivity contribution < 1.29 is 29.6 Å². The highest BCUT2D eigenvalue weighted by Gasteiger charge is 2.29. The van der Waals surface area contributed by atoms with Crippen LogP contribution in [-0.2, 0) is 9.63 Å². The Labute approximate surface area is 173 Å². The molecule has 2 rings (SSSR count). The molecule has 0 fully saturated rings. The highest BCUT2D eigenvalue weighted by Crippen LogP contribution is 2.21. The van der Waals surface area contributed by atoms with Crippen LogP contribution in [-0.4, -0.2) is 46.2 Å². The first-order valence-corrected chi connectivity index (χ1v) is 9.25. The lowest BCUT2D eigenvalue weighted by Crippen LogP contribution is -2.47. The van der Waals surface area contributed by atoms with E-state index in [4.69, 9.17) is 26.8 Å². The molecule has 0 heterocycles. The van der Waals surface area contributed by atoms with E-state index in [9.17, 15) is 9.59 Å². The maximum atomic E-state index is 12.5. The summed E-state index contributed by atoms with van der Waals surface area (Å²) in [5.74, 6) is -0.0437. The Hall–Kier alpha value is -2.49. The Morgan fingerprint density at radius 3 is 2.14 bits per heavy atom. The summed E-state index contributed by atoms with van der Waals surface area (Å²) >= 11 is 5.84. The smallest absolute Gasteiger partial charge is 0.263 e. The zero-order valence-electron chi connectivity index (χ0n) is 16.1. The molecule has 2 aromatic carbocycles. The molecule has 0 spiro atoms. The van der Waals surface area contributed by atoms with Crippen LogP contribution in [0.3, 0.4) is 0 Å². The number of carbonyl (C=O) groups excluding carboxylic acids is 2. The lowest BCUT2D eigenvalue weighted by molar-refractivity contribution is -0.492. The quantitative estimate of drug-likeness (QED) is 0.306. The van der Waals surface area contributed by atoms with Crippen molar-refractivity contribution in [2.24, 2.45) is 0 Å². The zero-order chi connectivity index (χ0) is 21.4. The summed E-state index contributed by atoms with van der Waals surface area (Å²) in [5.41, 5.74) is -0.135. The average molecular weight is 423 g/mol. The van der Waals surface area contributed by atoms with Gasteiger partial charge in [0, 0.05) is 22.7 Å². The molecule has 1 amide bonds. The van der Waals surface area contributed by atoms with E-state index in [-0.39, 0.29) is 30.2 Å². The van der Waals surface area contributed by atoms with Crippen LogP contribution in [0.5, 0.6) is 5.75 Å². The third-order valence-corrected chi connectivity index (χ3v) is 4.21. The molecule has 2 aromatic rings. The summed E-state index contributed by atoms with van der Waals surface area (Å²) in [6, 6.07) is 13.1. The van der Waals surface area contributed by atoms with Gasteiger partial charge in [-0.2, -0.15) is 0 Å². The summed E-state index contributed by atoms with van der Waals surface area (Å²) in [5, 5.41) is 19.7. The minimum atomic E-state index is -1.15. The fraction of sp³-hybridized carbons (Fsp3) is 0.300. The van der Waals surface area contributed by atoms with Crippen molar-refractivity contribution >= 4 is 23.3 Å². The van der Waals surface area contributed by atoms with Crippen LogP contribution >= 0.6 is 11.6 Å². The van der Waals surface area contributed by atoms with E-state index in [0.29, 0.717) is 28.3 Å². The number of ketones is 1. The van der Waals surface area contributed by atoms with Crippen molar-refractivity contribution in [2.75, 3.05) is 13.2 Å². The van der Waals surface area contributed by atoms with E-state index in [0.717, 1.165) is 0 Å². The molecule has 29 heavy (non-hydrogen) atoms. The molecule has 0 bridgehead atoms. The van der Waals surface area contributed by atoms with E-state index >= 15 is 0 Å². The standard InChI is InChI=1S/C20H23ClN2O6/c1-20(2,19(25)22-12-3-13-28-23(26)27)29-17-10-6-15(7-11-17)18(24)14-4-8-16(21)9-5-14/h4-11,26-27H,3,12-13H2,1-2H3,(H,22,25). The number of hydrogen-bond donors (Lipinski definition) is 3. The highest BCUT2D eigenvalue weighted by molar-refractivity contribution is 6.30. The van der Waals surface area contributed by atoms with Crippen LogP contribution in [0.25, 0.3) is 0 Å². The van der Waals surface area contributed by atoms with Crippen molar-refractivity contribution in [3.63, 3.8) is 0 Å². The van der Waals surface area contributed by atoms with E-state index in [2.05, 4.69) is 10.2 Å². The second-order valence-electron chi connectivity index (χ2n) is 6.67. The number of nitrogens with zero attached hydrogens (tertiary/aromatic N) is 1. The minimum Gasteiger partial charge on any atom is -0.478 e. The van der Waals surface area contributed by atoms with Crippen LogP contribution < -0.4 is 10.1 Å². The molecule has 0 aromatic heterocycles. The van der Waals surface area contributed by atoms with E-state index in [1.165, 1.54) is 0 Å². The lowest BCUT2D eigenvalue weighted by atomic mass is 10.0. The van der Waals surface area contributed by atoms with Crippen molar-refractivity contribution in [1.82, 2.24) is 10.7 Å². The van der Waals surface area contributed by atoms with Crippen LogP contribution in [0.4, 0.5) is 0 Å². The fourth-order valence-corrected chi connectivity index (χ4v) is 2.54. The zero-order valence-corrected chi connectivity index (χ0v) is 16.8. The molecule has 156 valence electrons. The monoisotopic (exact) mass is 422 g/mol. The van der Waals surface area contributed by atoms with Crippen molar-refractivity contribution in [3.05, 3.63) is 64.7 Å². The number of nitrogens with one attached hydrogen (secondary N) is 1.